The third-order valence-electron chi connectivity index (χ3n) is 2.18. The smallest absolute Gasteiger partial charge is 0.462 e. The maximum atomic E-state index is 12.8. The summed E-state index contributed by atoms with van der Waals surface area (Å²) in [6.07, 6.45) is -10.6. The Morgan fingerprint density at radius 2 is 1.86 bits per heavy atom. The molecule has 22 heavy (non-hydrogen) atoms. The van der Waals surface area contributed by atoms with Gasteiger partial charge in [0.05, 0.1) is 17.9 Å². The minimum Gasteiger partial charge on any atom is -0.462 e. The number of halogens is 7. The Labute approximate surface area is 128 Å². The minimum atomic E-state index is -5.37. The van der Waals surface area contributed by atoms with Crippen LogP contribution in [-0.4, -0.2) is 23.9 Å². The summed E-state index contributed by atoms with van der Waals surface area (Å²) in [6, 6.07) is 0.317. The minimum absolute atomic E-state index is 0.114. The second-order valence-corrected chi connectivity index (χ2v) is 4.29. The van der Waals surface area contributed by atoms with Gasteiger partial charge in [0, 0.05) is 5.33 Å². The predicted octanol–water partition coefficient (Wildman–Crippen LogP) is 4.07. The lowest BCUT2D eigenvalue weighted by atomic mass is 10.1. The van der Waals surface area contributed by atoms with Crippen molar-refractivity contribution in [3.63, 3.8) is 0 Å². The van der Waals surface area contributed by atoms with Gasteiger partial charge in [-0.25, -0.2) is 9.78 Å². The second kappa shape index (κ2) is 6.71. The fraction of sp³-hybridized carbons (Fsp3) is 0.455. The Balaban J connectivity index is 3.49. The maximum absolute atomic E-state index is 12.8. The third kappa shape index (κ3) is 4.75. The third-order valence-corrected chi connectivity index (χ3v) is 2.71. The molecule has 11 heteroatoms. The lowest BCUT2D eigenvalue weighted by Gasteiger charge is -2.17. The molecule has 1 heterocycles. The molecule has 1 rings (SSSR count). The lowest BCUT2D eigenvalue weighted by molar-refractivity contribution is -0.276. The van der Waals surface area contributed by atoms with Crippen LogP contribution in [0, 0.1) is 0 Å². The summed E-state index contributed by atoms with van der Waals surface area (Å²) in [6.45, 7) is 1.31. The van der Waals surface area contributed by atoms with E-state index in [1.165, 1.54) is 6.92 Å². The van der Waals surface area contributed by atoms with Gasteiger partial charge in [0.2, 0.25) is 0 Å². The number of ether oxygens (including phenoxy) is 2. The molecule has 0 unspecified atom stereocenters. The van der Waals surface area contributed by atoms with Crippen molar-refractivity contribution < 1.29 is 40.6 Å². The van der Waals surface area contributed by atoms with E-state index in [1.807, 2.05) is 0 Å². The number of nitrogens with zero attached hydrogens (tertiary/aromatic N) is 1. The van der Waals surface area contributed by atoms with Gasteiger partial charge < -0.3 is 9.47 Å². The molecule has 0 saturated carbocycles. The van der Waals surface area contributed by atoms with Gasteiger partial charge in [-0.05, 0) is 13.0 Å². The predicted molar refractivity (Wildman–Crippen MR) is 64.5 cm³/mol. The van der Waals surface area contributed by atoms with E-state index in [-0.39, 0.29) is 11.9 Å². The Bertz CT molecular complexity index is 558. The normalized spacial score (nSPS) is 12.2. The van der Waals surface area contributed by atoms with Crippen molar-refractivity contribution in [2.75, 3.05) is 6.61 Å². The van der Waals surface area contributed by atoms with Crippen LogP contribution in [0.15, 0.2) is 6.07 Å². The molecule has 1 aromatic heterocycles. The molecule has 1 aromatic rings. The molecule has 0 aliphatic carbocycles. The van der Waals surface area contributed by atoms with Crippen LogP contribution in [0.5, 0.6) is 5.75 Å². The molecule has 0 N–H and O–H groups in total. The highest BCUT2D eigenvalue weighted by molar-refractivity contribution is 9.08. The van der Waals surface area contributed by atoms with E-state index in [9.17, 15) is 31.1 Å². The quantitative estimate of drug-likeness (QED) is 0.438. The molecule has 0 bridgehead atoms. The summed E-state index contributed by atoms with van der Waals surface area (Å²) in [7, 11) is 0. The van der Waals surface area contributed by atoms with E-state index in [4.69, 9.17) is 0 Å². The monoisotopic (exact) mass is 395 g/mol. The molecular formula is C11H8BrF6NO3. The summed E-state index contributed by atoms with van der Waals surface area (Å²) in [5.74, 6) is -2.72. The highest BCUT2D eigenvalue weighted by Gasteiger charge is 2.42. The van der Waals surface area contributed by atoms with E-state index in [0.717, 1.165) is 0 Å². The fourth-order valence-electron chi connectivity index (χ4n) is 1.43. The van der Waals surface area contributed by atoms with Gasteiger partial charge in [-0.15, -0.1) is 13.2 Å². The Hall–Kier alpha value is -1.52. The number of alkyl halides is 7. The van der Waals surface area contributed by atoms with Crippen LogP contribution in [0.1, 0.15) is 28.7 Å². The zero-order valence-electron chi connectivity index (χ0n) is 10.8. The number of esters is 1. The van der Waals surface area contributed by atoms with Crippen LogP contribution in [0.4, 0.5) is 26.3 Å². The summed E-state index contributed by atoms with van der Waals surface area (Å²) in [5.41, 5.74) is -2.85. The van der Waals surface area contributed by atoms with Gasteiger partial charge in [0.15, 0.2) is 11.4 Å². The number of hydrogen-bond acceptors (Lipinski definition) is 4. The first-order valence-corrected chi connectivity index (χ1v) is 6.71. The van der Waals surface area contributed by atoms with E-state index < -0.39 is 41.2 Å². The first kappa shape index (κ1) is 18.5. The summed E-state index contributed by atoms with van der Waals surface area (Å²) in [5, 5.41) is -0.295. The topological polar surface area (TPSA) is 48.4 Å². The average molecular weight is 396 g/mol. The SMILES string of the molecule is CCOC(=O)c1cc(OC(F)(F)F)c(C(F)(F)F)nc1CBr. The molecule has 0 saturated heterocycles. The van der Waals surface area contributed by atoms with Gasteiger partial charge >= 0.3 is 18.5 Å². The van der Waals surface area contributed by atoms with Crippen LogP contribution >= 0.6 is 15.9 Å². The molecule has 0 spiro atoms. The molecule has 0 aliphatic rings. The number of carbonyl (C=O) groups is 1. The summed E-state index contributed by atoms with van der Waals surface area (Å²) < 4.78 is 82.9. The fourth-order valence-corrected chi connectivity index (χ4v) is 1.85. The largest absolute Gasteiger partial charge is 0.573 e. The average Bonchev–Trinajstić information content (AvgIpc) is 2.35. The molecule has 0 aromatic carbocycles. The number of pyridine rings is 1. The first-order valence-electron chi connectivity index (χ1n) is 5.59. The van der Waals surface area contributed by atoms with Crippen LogP contribution < -0.4 is 4.74 Å². The van der Waals surface area contributed by atoms with Crippen molar-refractivity contribution in [1.29, 1.82) is 0 Å². The van der Waals surface area contributed by atoms with E-state index in [2.05, 4.69) is 30.4 Å². The molecule has 0 amide bonds. The van der Waals surface area contributed by atoms with Gasteiger partial charge in [-0.3, -0.25) is 0 Å². The van der Waals surface area contributed by atoms with Crippen molar-refractivity contribution in [1.82, 2.24) is 4.98 Å². The molecule has 0 atom stereocenters. The Morgan fingerprint density at radius 1 is 1.27 bits per heavy atom. The van der Waals surface area contributed by atoms with Crippen molar-refractivity contribution in [3.8, 4) is 5.75 Å². The van der Waals surface area contributed by atoms with Gasteiger partial charge in [-0.2, -0.15) is 13.2 Å². The molecule has 0 aliphatic heterocycles. The van der Waals surface area contributed by atoms with Crippen LogP contribution in [0.3, 0.4) is 0 Å². The number of rotatable bonds is 4. The second-order valence-electron chi connectivity index (χ2n) is 3.73. The zero-order chi connectivity index (χ0) is 17.1. The maximum Gasteiger partial charge on any atom is 0.573 e. The van der Waals surface area contributed by atoms with E-state index in [0.29, 0.717) is 6.07 Å². The van der Waals surface area contributed by atoms with Crippen molar-refractivity contribution in [2.24, 2.45) is 0 Å². The van der Waals surface area contributed by atoms with Crippen LogP contribution in [0.2, 0.25) is 0 Å². The Morgan fingerprint density at radius 3 is 2.27 bits per heavy atom. The van der Waals surface area contributed by atoms with E-state index in [1.54, 1.807) is 0 Å². The zero-order valence-corrected chi connectivity index (χ0v) is 12.4. The number of aromatic nitrogens is 1. The molecule has 124 valence electrons. The first-order chi connectivity index (χ1) is 9.99. The van der Waals surface area contributed by atoms with Crippen molar-refractivity contribution in [2.45, 2.75) is 24.8 Å². The van der Waals surface area contributed by atoms with Gasteiger partial charge in [-0.1, -0.05) is 15.9 Å². The van der Waals surface area contributed by atoms with Crippen LogP contribution in [0.25, 0.3) is 0 Å². The van der Waals surface area contributed by atoms with Gasteiger partial charge in [0.1, 0.15) is 0 Å². The highest BCUT2D eigenvalue weighted by atomic mass is 79.9. The van der Waals surface area contributed by atoms with Crippen molar-refractivity contribution >= 4 is 21.9 Å². The molecular weight excluding hydrogens is 388 g/mol. The Kier molecular flexibility index (Phi) is 5.65. The number of carbonyl (C=O) groups excluding carboxylic acids is 1. The van der Waals surface area contributed by atoms with Crippen LogP contribution in [-0.2, 0) is 16.2 Å². The summed E-state index contributed by atoms with van der Waals surface area (Å²) >= 11 is 2.81. The molecule has 4 nitrogen and oxygen atoms in total. The summed E-state index contributed by atoms with van der Waals surface area (Å²) in [4.78, 5) is 14.7. The number of hydrogen-bond donors (Lipinski definition) is 0. The van der Waals surface area contributed by atoms with E-state index >= 15 is 0 Å². The molecule has 0 fully saturated rings. The lowest BCUT2D eigenvalue weighted by Crippen LogP contribution is -2.23. The van der Waals surface area contributed by atoms with Gasteiger partial charge in [0.25, 0.3) is 0 Å². The van der Waals surface area contributed by atoms with Crippen molar-refractivity contribution in [3.05, 3.63) is 23.0 Å². The molecule has 0 radical (unpaired) electrons. The highest BCUT2D eigenvalue weighted by Crippen LogP contribution is 2.38. The standard InChI is InChI=1S/C11H8BrF6NO3/c1-2-21-9(20)5-3-7(22-11(16,17)18)8(10(13,14)15)19-6(5)4-12/h3H,2,4H2,1H3.